The summed E-state index contributed by atoms with van der Waals surface area (Å²) in [5.74, 6) is 0. The van der Waals surface area contributed by atoms with Gasteiger partial charge in [0.1, 0.15) is 5.69 Å². The SMILES string of the molecule is CCC(C)(C)C1(F)CCCCCc2n[nH]nc21. The van der Waals surface area contributed by atoms with Crippen molar-refractivity contribution in [2.45, 2.75) is 65.0 Å². The summed E-state index contributed by atoms with van der Waals surface area (Å²) in [6.07, 6.45) is 5.31. The number of hydrogen-bond acceptors (Lipinski definition) is 2. The molecule has 1 aliphatic carbocycles. The lowest BCUT2D eigenvalue weighted by molar-refractivity contribution is -0.00862. The van der Waals surface area contributed by atoms with Crippen LogP contribution >= 0.6 is 0 Å². The van der Waals surface area contributed by atoms with Gasteiger partial charge in [0, 0.05) is 5.41 Å². The summed E-state index contributed by atoms with van der Waals surface area (Å²) in [7, 11) is 0. The van der Waals surface area contributed by atoms with Crippen molar-refractivity contribution in [1.82, 2.24) is 15.4 Å². The lowest BCUT2D eigenvalue weighted by Gasteiger charge is -2.40. The largest absolute Gasteiger partial charge is 0.236 e. The lowest BCUT2D eigenvalue weighted by Crippen LogP contribution is -2.39. The molecule has 1 aromatic heterocycles. The Labute approximate surface area is 102 Å². The minimum Gasteiger partial charge on any atom is -0.236 e. The third-order valence-electron chi connectivity index (χ3n) is 4.39. The summed E-state index contributed by atoms with van der Waals surface area (Å²) in [4.78, 5) is 0. The highest BCUT2D eigenvalue weighted by Crippen LogP contribution is 2.49. The van der Waals surface area contributed by atoms with Crippen LogP contribution in [0.3, 0.4) is 0 Å². The van der Waals surface area contributed by atoms with Crippen molar-refractivity contribution in [3.63, 3.8) is 0 Å². The van der Waals surface area contributed by atoms with Crippen LogP contribution in [0.4, 0.5) is 4.39 Å². The highest BCUT2D eigenvalue weighted by molar-refractivity contribution is 5.22. The molecule has 0 aromatic carbocycles. The van der Waals surface area contributed by atoms with E-state index in [1.54, 1.807) is 0 Å². The number of aromatic amines is 1. The Morgan fingerprint density at radius 1 is 1.29 bits per heavy atom. The van der Waals surface area contributed by atoms with Crippen molar-refractivity contribution in [3.8, 4) is 0 Å². The van der Waals surface area contributed by atoms with Gasteiger partial charge in [0.25, 0.3) is 0 Å². The van der Waals surface area contributed by atoms with Crippen LogP contribution in [-0.4, -0.2) is 15.4 Å². The van der Waals surface area contributed by atoms with Gasteiger partial charge in [-0.3, -0.25) is 0 Å². The Morgan fingerprint density at radius 3 is 2.76 bits per heavy atom. The summed E-state index contributed by atoms with van der Waals surface area (Å²) in [5.41, 5.74) is -0.349. The molecule has 0 saturated carbocycles. The van der Waals surface area contributed by atoms with Gasteiger partial charge in [-0.2, -0.15) is 15.4 Å². The summed E-state index contributed by atoms with van der Waals surface area (Å²) in [6, 6.07) is 0. The maximum atomic E-state index is 15.5. The van der Waals surface area contributed by atoms with Crippen LogP contribution in [0.1, 0.15) is 64.3 Å². The van der Waals surface area contributed by atoms with E-state index in [4.69, 9.17) is 0 Å². The predicted molar refractivity (Wildman–Crippen MR) is 65.4 cm³/mol. The molecule has 1 unspecified atom stereocenters. The van der Waals surface area contributed by atoms with Gasteiger partial charge in [-0.05, 0) is 32.1 Å². The zero-order valence-corrected chi connectivity index (χ0v) is 11.0. The fourth-order valence-electron chi connectivity index (χ4n) is 2.64. The van der Waals surface area contributed by atoms with E-state index in [1.807, 2.05) is 20.8 Å². The summed E-state index contributed by atoms with van der Waals surface area (Å²) < 4.78 is 15.5. The van der Waals surface area contributed by atoms with Gasteiger partial charge in [0.2, 0.25) is 0 Å². The number of fused-ring (bicyclic) bond motifs is 1. The second-order valence-corrected chi connectivity index (χ2v) is 5.72. The molecule has 2 rings (SSSR count). The quantitative estimate of drug-likeness (QED) is 0.858. The monoisotopic (exact) mass is 239 g/mol. The van der Waals surface area contributed by atoms with Crippen LogP contribution in [0.15, 0.2) is 0 Å². The fraction of sp³-hybridized carbons (Fsp3) is 0.846. The minimum atomic E-state index is -1.34. The van der Waals surface area contributed by atoms with Crippen LogP contribution in [0.5, 0.6) is 0 Å². The van der Waals surface area contributed by atoms with Gasteiger partial charge >= 0.3 is 0 Å². The Bertz CT molecular complexity index is 386. The molecule has 0 spiro atoms. The van der Waals surface area contributed by atoms with E-state index in [9.17, 15) is 0 Å². The summed E-state index contributed by atoms with van der Waals surface area (Å²) in [5, 5.41) is 10.8. The molecule has 96 valence electrons. The Kier molecular flexibility index (Phi) is 3.23. The third-order valence-corrected chi connectivity index (χ3v) is 4.39. The van der Waals surface area contributed by atoms with Crippen LogP contribution in [0.25, 0.3) is 0 Å². The van der Waals surface area contributed by atoms with Crippen molar-refractivity contribution < 1.29 is 4.39 Å². The van der Waals surface area contributed by atoms with Gasteiger partial charge in [0.15, 0.2) is 5.67 Å². The molecule has 1 N–H and O–H groups in total. The molecule has 0 amide bonds. The van der Waals surface area contributed by atoms with E-state index in [-0.39, 0.29) is 0 Å². The number of alkyl halides is 1. The average Bonchev–Trinajstić information content (AvgIpc) is 2.73. The first kappa shape index (κ1) is 12.5. The maximum absolute atomic E-state index is 15.5. The first-order valence-electron chi connectivity index (χ1n) is 6.60. The molecule has 0 bridgehead atoms. The molecule has 1 aliphatic rings. The Balaban J connectivity index is 2.47. The van der Waals surface area contributed by atoms with Crippen LogP contribution in [0, 0.1) is 5.41 Å². The van der Waals surface area contributed by atoms with Crippen LogP contribution in [0.2, 0.25) is 0 Å². The molecule has 0 aliphatic heterocycles. The standard InChI is InChI=1S/C13H22FN3/c1-4-12(2,3)13(14)9-7-5-6-8-10-11(13)16-17-15-10/h4-9H2,1-3H3,(H,15,16,17). The van der Waals surface area contributed by atoms with Crippen molar-refractivity contribution >= 4 is 0 Å². The van der Waals surface area contributed by atoms with E-state index in [1.165, 1.54) is 0 Å². The van der Waals surface area contributed by atoms with Crippen molar-refractivity contribution in [2.75, 3.05) is 0 Å². The number of nitrogens with one attached hydrogen (secondary N) is 1. The molecule has 0 radical (unpaired) electrons. The topological polar surface area (TPSA) is 41.6 Å². The van der Waals surface area contributed by atoms with E-state index in [2.05, 4.69) is 15.4 Å². The average molecular weight is 239 g/mol. The second-order valence-electron chi connectivity index (χ2n) is 5.72. The maximum Gasteiger partial charge on any atom is 0.161 e. The number of aromatic nitrogens is 3. The smallest absolute Gasteiger partial charge is 0.161 e. The number of hydrogen-bond donors (Lipinski definition) is 1. The predicted octanol–water partition coefficient (Wildman–Crippen LogP) is 3.52. The number of H-pyrrole nitrogens is 1. The van der Waals surface area contributed by atoms with Gasteiger partial charge < -0.3 is 0 Å². The van der Waals surface area contributed by atoms with Gasteiger partial charge in [-0.25, -0.2) is 4.39 Å². The minimum absolute atomic E-state index is 0.393. The first-order chi connectivity index (χ1) is 8.01. The van der Waals surface area contributed by atoms with E-state index in [0.29, 0.717) is 12.1 Å². The molecule has 4 heteroatoms. The fourth-order valence-corrected chi connectivity index (χ4v) is 2.64. The summed E-state index contributed by atoms with van der Waals surface area (Å²) in [6.45, 7) is 6.03. The molecule has 1 aromatic rings. The molecule has 0 fully saturated rings. The Morgan fingerprint density at radius 2 is 2.06 bits per heavy atom. The van der Waals surface area contributed by atoms with Gasteiger partial charge in [-0.15, -0.1) is 0 Å². The van der Waals surface area contributed by atoms with Gasteiger partial charge in [-0.1, -0.05) is 27.2 Å². The zero-order valence-electron chi connectivity index (χ0n) is 11.0. The molecular formula is C13H22FN3. The second kappa shape index (κ2) is 4.39. The number of nitrogens with zero attached hydrogens (tertiary/aromatic N) is 2. The van der Waals surface area contributed by atoms with Gasteiger partial charge in [0.05, 0.1) is 5.69 Å². The lowest BCUT2D eigenvalue weighted by atomic mass is 9.68. The summed E-state index contributed by atoms with van der Waals surface area (Å²) >= 11 is 0. The van der Waals surface area contributed by atoms with Crippen LogP contribution < -0.4 is 0 Å². The Hall–Kier alpha value is -0.930. The molecule has 17 heavy (non-hydrogen) atoms. The molecule has 3 nitrogen and oxygen atoms in total. The van der Waals surface area contributed by atoms with Crippen molar-refractivity contribution in [3.05, 3.63) is 11.4 Å². The van der Waals surface area contributed by atoms with E-state index < -0.39 is 11.1 Å². The number of rotatable bonds is 2. The number of aryl methyl sites for hydroxylation is 1. The highest BCUT2D eigenvalue weighted by Gasteiger charge is 2.49. The number of halogens is 1. The molecule has 1 atom stereocenters. The third kappa shape index (κ3) is 1.98. The van der Waals surface area contributed by atoms with Crippen LogP contribution in [-0.2, 0) is 12.1 Å². The normalized spacial score (nSPS) is 26.1. The zero-order chi connectivity index (χ0) is 12.5. The van der Waals surface area contributed by atoms with E-state index in [0.717, 1.165) is 37.8 Å². The highest BCUT2D eigenvalue weighted by atomic mass is 19.1. The molecule has 1 heterocycles. The molecule has 0 saturated heterocycles. The van der Waals surface area contributed by atoms with Crippen molar-refractivity contribution in [2.24, 2.45) is 5.41 Å². The van der Waals surface area contributed by atoms with Crippen molar-refractivity contribution in [1.29, 1.82) is 0 Å². The molecular weight excluding hydrogens is 217 g/mol. The first-order valence-corrected chi connectivity index (χ1v) is 6.60. The van der Waals surface area contributed by atoms with E-state index >= 15 is 4.39 Å².